The molecule has 1 N–H and O–H groups in total. The lowest BCUT2D eigenvalue weighted by molar-refractivity contribution is -0.139. The van der Waals surface area contributed by atoms with Crippen molar-refractivity contribution in [1.29, 1.82) is 0 Å². The lowest BCUT2D eigenvalue weighted by atomic mass is 10.0. The predicted molar refractivity (Wildman–Crippen MR) is 119 cm³/mol. The minimum absolute atomic E-state index is 0.0650. The van der Waals surface area contributed by atoms with Crippen molar-refractivity contribution in [3.63, 3.8) is 0 Å². The van der Waals surface area contributed by atoms with Gasteiger partial charge in [0.25, 0.3) is 5.91 Å². The summed E-state index contributed by atoms with van der Waals surface area (Å²) >= 11 is 5.99. The van der Waals surface area contributed by atoms with Crippen LogP contribution >= 0.6 is 11.6 Å². The van der Waals surface area contributed by atoms with Crippen molar-refractivity contribution < 1.29 is 14.4 Å². The number of fused-ring (bicyclic) bond motifs is 2. The molecule has 7 heteroatoms. The molecule has 5 rings (SSSR count). The van der Waals surface area contributed by atoms with Gasteiger partial charge in [-0.1, -0.05) is 42.6 Å². The Morgan fingerprint density at radius 1 is 0.968 bits per heavy atom. The molecule has 3 aliphatic rings. The maximum atomic E-state index is 13.4. The first kappa shape index (κ1) is 20.1. The third-order valence-electron chi connectivity index (χ3n) is 6.65. The van der Waals surface area contributed by atoms with Crippen LogP contribution in [0.5, 0.6) is 0 Å². The summed E-state index contributed by atoms with van der Waals surface area (Å²) in [6.45, 7) is 1.09. The third kappa shape index (κ3) is 3.69. The van der Waals surface area contributed by atoms with Crippen LogP contribution in [0.2, 0.25) is 5.02 Å². The van der Waals surface area contributed by atoms with Gasteiger partial charge in [0.2, 0.25) is 11.8 Å². The first-order valence-corrected chi connectivity index (χ1v) is 11.2. The predicted octanol–water partition coefficient (Wildman–Crippen LogP) is 3.80. The van der Waals surface area contributed by atoms with Gasteiger partial charge in [-0.15, -0.1) is 0 Å². The molecule has 2 heterocycles. The summed E-state index contributed by atoms with van der Waals surface area (Å²) < 4.78 is 0. The van der Waals surface area contributed by atoms with E-state index in [-0.39, 0.29) is 30.2 Å². The Morgan fingerprint density at radius 3 is 2.42 bits per heavy atom. The highest BCUT2D eigenvalue weighted by molar-refractivity contribution is 6.30. The average molecular weight is 438 g/mol. The molecule has 2 aromatic carbocycles. The lowest BCUT2D eigenvalue weighted by Crippen LogP contribution is -2.60. The largest absolute Gasteiger partial charge is 0.338 e. The molecule has 0 aromatic heterocycles. The van der Waals surface area contributed by atoms with E-state index in [9.17, 15) is 14.4 Å². The number of nitrogens with one attached hydrogen (secondary N) is 1. The van der Waals surface area contributed by atoms with Crippen LogP contribution in [-0.2, 0) is 9.59 Å². The van der Waals surface area contributed by atoms with Gasteiger partial charge < -0.3 is 15.1 Å². The second kappa shape index (κ2) is 8.00. The molecule has 0 spiro atoms. The SMILES string of the molecule is O=C1Nc2ccc(-c3ccc(Cl)cc3)cc2C(=O)N2CCN(C(=O)C3CCCC3)C[C@@H]12. The van der Waals surface area contributed by atoms with Crippen LogP contribution in [0.4, 0.5) is 5.69 Å². The fourth-order valence-electron chi connectivity index (χ4n) is 4.90. The molecule has 1 atom stereocenters. The minimum atomic E-state index is -0.669. The molecule has 3 amide bonds. The van der Waals surface area contributed by atoms with E-state index in [4.69, 9.17) is 11.6 Å². The molecule has 31 heavy (non-hydrogen) atoms. The molecule has 0 unspecified atom stereocenters. The van der Waals surface area contributed by atoms with Crippen LogP contribution in [0.3, 0.4) is 0 Å². The van der Waals surface area contributed by atoms with Crippen LogP contribution in [0.25, 0.3) is 11.1 Å². The van der Waals surface area contributed by atoms with Crippen LogP contribution in [-0.4, -0.2) is 53.2 Å². The van der Waals surface area contributed by atoms with Crippen LogP contribution in [0.15, 0.2) is 42.5 Å². The third-order valence-corrected chi connectivity index (χ3v) is 6.90. The second-order valence-corrected chi connectivity index (χ2v) is 8.97. The second-order valence-electron chi connectivity index (χ2n) is 8.54. The zero-order valence-electron chi connectivity index (χ0n) is 17.1. The van der Waals surface area contributed by atoms with E-state index in [1.54, 1.807) is 15.9 Å². The van der Waals surface area contributed by atoms with E-state index >= 15 is 0 Å². The molecular weight excluding hydrogens is 414 g/mol. The summed E-state index contributed by atoms with van der Waals surface area (Å²) in [6.07, 6.45) is 4.02. The van der Waals surface area contributed by atoms with Crippen molar-refractivity contribution in [2.24, 2.45) is 5.92 Å². The number of hydrogen-bond acceptors (Lipinski definition) is 3. The zero-order valence-corrected chi connectivity index (χ0v) is 17.9. The number of anilines is 1. The van der Waals surface area contributed by atoms with Crippen LogP contribution in [0.1, 0.15) is 36.0 Å². The van der Waals surface area contributed by atoms with E-state index in [0.717, 1.165) is 36.8 Å². The quantitative estimate of drug-likeness (QED) is 0.776. The normalized spacial score (nSPS) is 21.4. The molecule has 6 nitrogen and oxygen atoms in total. The van der Waals surface area contributed by atoms with Gasteiger partial charge in [0.15, 0.2) is 0 Å². The molecule has 160 valence electrons. The van der Waals surface area contributed by atoms with Gasteiger partial charge in [0.05, 0.1) is 17.8 Å². The van der Waals surface area contributed by atoms with Gasteiger partial charge in [-0.2, -0.15) is 0 Å². The van der Waals surface area contributed by atoms with Gasteiger partial charge in [0, 0.05) is 24.0 Å². The van der Waals surface area contributed by atoms with Gasteiger partial charge in [-0.05, 0) is 48.2 Å². The topological polar surface area (TPSA) is 69.7 Å². The fourth-order valence-corrected chi connectivity index (χ4v) is 5.03. The van der Waals surface area contributed by atoms with E-state index in [2.05, 4.69) is 5.32 Å². The average Bonchev–Trinajstić information content (AvgIpc) is 3.30. The first-order valence-electron chi connectivity index (χ1n) is 10.8. The van der Waals surface area contributed by atoms with Crippen molar-refractivity contribution >= 4 is 35.0 Å². The zero-order chi connectivity index (χ0) is 21.5. The minimum Gasteiger partial charge on any atom is -0.338 e. The maximum Gasteiger partial charge on any atom is 0.256 e. The Morgan fingerprint density at radius 2 is 1.68 bits per heavy atom. The van der Waals surface area contributed by atoms with Crippen molar-refractivity contribution in [3.8, 4) is 11.1 Å². The Labute approximate surface area is 186 Å². The highest BCUT2D eigenvalue weighted by atomic mass is 35.5. The molecular formula is C24H24ClN3O3. The van der Waals surface area contributed by atoms with Gasteiger partial charge in [-0.3, -0.25) is 14.4 Å². The van der Waals surface area contributed by atoms with E-state index in [1.807, 2.05) is 36.4 Å². The van der Waals surface area contributed by atoms with Crippen molar-refractivity contribution in [3.05, 3.63) is 53.1 Å². The highest BCUT2D eigenvalue weighted by Gasteiger charge is 2.41. The molecule has 0 radical (unpaired) electrons. The molecule has 1 saturated heterocycles. The smallest absolute Gasteiger partial charge is 0.256 e. The monoisotopic (exact) mass is 437 g/mol. The molecule has 2 aromatic rings. The van der Waals surface area contributed by atoms with Crippen molar-refractivity contribution in [2.75, 3.05) is 25.0 Å². The Balaban J connectivity index is 1.41. The van der Waals surface area contributed by atoms with E-state index < -0.39 is 6.04 Å². The number of halogens is 1. The Kier molecular flexibility index (Phi) is 5.18. The van der Waals surface area contributed by atoms with Gasteiger partial charge in [0.1, 0.15) is 6.04 Å². The summed E-state index contributed by atoms with van der Waals surface area (Å²) in [7, 11) is 0. The lowest BCUT2D eigenvalue weighted by Gasteiger charge is -2.40. The standard InChI is InChI=1S/C24H24ClN3O3/c25-18-8-5-15(6-9-18)17-7-10-20-19(13-17)24(31)28-12-11-27(14-21(28)22(29)26-20)23(30)16-3-1-2-4-16/h5-10,13,16,21H,1-4,11-12,14H2,(H,26,29)/t21-/m0/s1. The van der Waals surface area contributed by atoms with Crippen molar-refractivity contribution in [2.45, 2.75) is 31.7 Å². The summed E-state index contributed by atoms with van der Waals surface area (Å²) in [4.78, 5) is 42.6. The number of carbonyl (C=O) groups excluding carboxylic acids is 3. The number of hydrogen-bond donors (Lipinski definition) is 1. The number of amides is 3. The fraction of sp³-hybridized carbons (Fsp3) is 0.375. The molecule has 1 saturated carbocycles. The molecule has 0 bridgehead atoms. The summed E-state index contributed by atoms with van der Waals surface area (Å²) in [6, 6.07) is 12.2. The van der Waals surface area contributed by atoms with E-state index in [0.29, 0.717) is 29.4 Å². The number of nitrogens with zero attached hydrogens (tertiary/aromatic N) is 2. The van der Waals surface area contributed by atoms with Crippen LogP contribution in [0, 0.1) is 5.92 Å². The number of piperazine rings is 1. The van der Waals surface area contributed by atoms with Crippen molar-refractivity contribution in [1.82, 2.24) is 9.80 Å². The Bertz CT molecular complexity index is 1050. The first-order chi connectivity index (χ1) is 15.0. The number of benzene rings is 2. The molecule has 1 aliphatic carbocycles. The number of rotatable bonds is 2. The number of carbonyl (C=O) groups is 3. The maximum absolute atomic E-state index is 13.4. The summed E-state index contributed by atoms with van der Waals surface area (Å²) in [5.41, 5.74) is 2.81. The van der Waals surface area contributed by atoms with Gasteiger partial charge >= 0.3 is 0 Å². The van der Waals surface area contributed by atoms with E-state index in [1.165, 1.54) is 0 Å². The van der Waals surface area contributed by atoms with Gasteiger partial charge in [-0.25, -0.2) is 0 Å². The summed E-state index contributed by atoms with van der Waals surface area (Å²) in [5, 5.41) is 3.56. The summed E-state index contributed by atoms with van der Waals surface area (Å²) in [5.74, 6) is -0.225. The molecule has 2 aliphatic heterocycles. The molecule has 2 fully saturated rings. The Hall–Kier alpha value is -2.86. The van der Waals surface area contributed by atoms with Crippen LogP contribution < -0.4 is 5.32 Å². The highest BCUT2D eigenvalue weighted by Crippen LogP contribution is 2.32.